The number of benzene rings is 1. The third-order valence-corrected chi connectivity index (χ3v) is 5.92. The van der Waals surface area contributed by atoms with Crippen LogP contribution in [0.4, 0.5) is 5.69 Å². The van der Waals surface area contributed by atoms with Crippen molar-refractivity contribution in [1.29, 1.82) is 0 Å². The summed E-state index contributed by atoms with van der Waals surface area (Å²) in [6.45, 7) is 6.92. The lowest BCUT2D eigenvalue weighted by molar-refractivity contribution is -0.127. The highest BCUT2D eigenvalue weighted by molar-refractivity contribution is 9.10. The second kappa shape index (κ2) is 7.87. The van der Waals surface area contributed by atoms with Crippen molar-refractivity contribution in [3.63, 3.8) is 0 Å². The van der Waals surface area contributed by atoms with Crippen LogP contribution < -0.4 is 10.2 Å². The maximum absolute atomic E-state index is 12.6. The summed E-state index contributed by atoms with van der Waals surface area (Å²) in [4.78, 5) is 29.2. The molecule has 6 heteroatoms. The molecule has 2 heterocycles. The van der Waals surface area contributed by atoms with Gasteiger partial charge in [-0.05, 0) is 54.8 Å². The van der Waals surface area contributed by atoms with E-state index in [0.717, 1.165) is 36.1 Å². The van der Waals surface area contributed by atoms with Crippen molar-refractivity contribution in [1.82, 2.24) is 10.2 Å². The molecule has 2 fully saturated rings. The molecule has 2 amide bonds. The van der Waals surface area contributed by atoms with Crippen molar-refractivity contribution < 1.29 is 9.59 Å². The van der Waals surface area contributed by atoms with E-state index in [1.807, 2.05) is 24.3 Å². The normalized spacial score (nSPS) is 22.6. The smallest absolute Gasteiger partial charge is 0.227 e. The van der Waals surface area contributed by atoms with Crippen LogP contribution >= 0.6 is 15.9 Å². The Labute approximate surface area is 157 Å². The average molecular weight is 408 g/mol. The highest BCUT2D eigenvalue weighted by Crippen LogP contribution is 2.31. The van der Waals surface area contributed by atoms with E-state index in [1.54, 1.807) is 4.90 Å². The molecule has 2 aliphatic rings. The zero-order valence-electron chi connectivity index (χ0n) is 14.9. The van der Waals surface area contributed by atoms with Crippen LogP contribution in [0.1, 0.15) is 33.1 Å². The van der Waals surface area contributed by atoms with Gasteiger partial charge in [0.1, 0.15) is 0 Å². The van der Waals surface area contributed by atoms with Crippen molar-refractivity contribution >= 4 is 33.4 Å². The number of halogens is 1. The van der Waals surface area contributed by atoms with Crippen molar-refractivity contribution in [3.8, 4) is 0 Å². The number of anilines is 1. The average Bonchev–Trinajstić information content (AvgIpc) is 2.97. The Morgan fingerprint density at radius 2 is 1.92 bits per heavy atom. The molecule has 0 radical (unpaired) electrons. The number of nitrogens with one attached hydrogen (secondary N) is 1. The van der Waals surface area contributed by atoms with Crippen LogP contribution in [0.2, 0.25) is 0 Å². The van der Waals surface area contributed by atoms with Crippen LogP contribution in [0.25, 0.3) is 0 Å². The number of amides is 2. The van der Waals surface area contributed by atoms with Gasteiger partial charge in [0.15, 0.2) is 0 Å². The number of para-hydroxylation sites is 1. The van der Waals surface area contributed by atoms with Crippen LogP contribution in [0.3, 0.4) is 0 Å². The quantitative estimate of drug-likeness (QED) is 0.834. The Morgan fingerprint density at radius 1 is 1.24 bits per heavy atom. The van der Waals surface area contributed by atoms with Crippen LogP contribution in [0.5, 0.6) is 0 Å². The molecule has 0 aliphatic carbocycles. The minimum Gasteiger partial charge on any atom is -0.353 e. The number of carbonyl (C=O) groups is 2. The van der Waals surface area contributed by atoms with Crippen molar-refractivity contribution in [2.24, 2.45) is 5.92 Å². The molecule has 0 aromatic heterocycles. The van der Waals surface area contributed by atoms with Gasteiger partial charge in [-0.2, -0.15) is 0 Å². The van der Waals surface area contributed by atoms with E-state index in [1.165, 1.54) is 0 Å². The van der Waals surface area contributed by atoms with Crippen molar-refractivity contribution in [3.05, 3.63) is 28.7 Å². The Kier molecular flexibility index (Phi) is 5.79. The lowest BCUT2D eigenvalue weighted by Gasteiger charge is -2.35. The van der Waals surface area contributed by atoms with Crippen molar-refractivity contribution in [2.75, 3.05) is 24.5 Å². The van der Waals surface area contributed by atoms with Crippen LogP contribution in [-0.2, 0) is 9.59 Å². The van der Waals surface area contributed by atoms with E-state index in [2.05, 4.69) is 40.0 Å². The molecule has 1 N–H and O–H groups in total. The lowest BCUT2D eigenvalue weighted by Crippen LogP contribution is -2.48. The Morgan fingerprint density at radius 3 is 2.56 bits per heavy atom. The van der Waals surface area contributed by atoms with Gasteiger partial charge >= 0.3 is 0 Å². The second-order valence-corrected chi connectivity index (χ2v) is 8.12. The Hall–Kier alpha value is -1.40. The lowest BCUT2D eigenvalue weighted by atomic mass is 10.0. The first-order valence-electron chi connectivity index (χ1n) is 9.05. The molecule has 0 bridgehead atoms. The SMILES string of the molecule is CC(C)N1CCC(NC(=O)C2CC(=O)N(c3ccccc3Br)C2)CC1. The molecule has 1 atom stereocenters. The first-order valence-corrected chi connectivity index (χ1v) is 9.84. The molecular weight excluding hydrogens is 382 g/mol. The van der Waals surface area contributed by atoms with Gasteiger partial charge in [0, 0.05) is 42.6 Å². The third-order valence-electron chi connectivity index (χ3n) is 5.25. The molecule has 3 rings (SSSR count). The number of nitrogens with zero attached hydrogens (tertiary/aromatic N) is 2. The summed E-state index contributed by atoms with van der Waals surface area (Å²) in [5, 5.41) is 3.17. The fourth-order valence-corrected chi connectivity index (χ4v) is 4.16. The molecule has 1 aromatic rings. The predicted octanol–water partition coefficient (Wildman–Crippen LogP) is 2.79. The second-order valence-electron chi connectivity index (χ2n) is 7.27. The summed E-state index contributed by atoms with van der Waals surface area (Å²) in [7, 11) is 0. The maximum atomic E-state index is 12.6. The fraction of sp³-hybridized carbons (Fsp3) is 0.579. The van der Waals surface area contributed by atoms with E-state index in [-0.39, 0.29) is 30.2 Å². The monoisotopic (exact) mass is 407 g/mol. The van der Waals surface area contributed by atoms with Gasteiger partial charge in [0.2, 0.25) is 11.8 Å². The number of hydrogen-bond donors (Lipinski definition) is 1. The molecule has 0 spiro atoms. The highest BCUT2D eigenvalue weighted by Gasteiger charge is 2.36. The van der Waals surface area contributed by atoms with Gasteiger partial charge in [-0.15, -0.1) is 0 Å². The number of piperidine rings is 1. The minimum absolute atomic E-state index is 0.0154. The van der Waals surface area contributed by atoms with Gasteiger partial charge < -0.3 is 15.1 Å². The summed E-state index contributed by atoms with van der Waals surface area (Å²) in [5.74, 6) is -0.227. The van der Waals surface area contributed by atoms with Gasteiger partial charge in [0.05, 0.1) is 11.6 Å². The van der Waals surface area contributed by atoms with Crippen LogP contribution in [0, 0.1) is 5.92 Å². The molecule has 5 nitrogen and oxygen atoms in total. The number of hydrogen-bond acceptors (Lipinski definition) is 3. The summed E-state index contributed by atoms with van der Waals surface area (Å²) in [5.41, 5.74) is 0.841. The van der Waals surface area contributed by atoms with Gasteiger partial charge in [0.25, 0.3) is 0 Å². The molecule has 2 saturated heterocycles. The summed E-state index contributed by atoms with van der Waals surface area (Å²) >= 11 is 3.49. The van der Waals surface area contributed by atoms with Gasteiger partial charge in [-0.25, -0.2) is 0 Å². The zero-order chi connectivity index (χ0) is 18.0. The first-order chi connectivity index (χ1) is 12.0. The van der Waals surface area contributed by atoms with Gasteiger partial charge in [-0.1, -0.05) is 12.1 Å². The third kappa shape index (κ3) is 4.23. The number of rotatable bonds is 4. The molecule has 2 aliphatic heterocycles. The highest BCUT2D eigenvalue weighted by atomic mass is 79.9. The molecule has 0 saturated carbocycles. The Balaban J connectivity index is 1.56. The fourth-order valence-electron chi connectivity index (χ4n) is 3.67. The van der Waals surface area contributed by atoms with E-state index >= 15 is 0 Å². The topological polar surface area (TPSA) is 52.7 Å². The van der Waals surface area contributed by atoms with Crippen LogP contribution in [0.15, 0.2) is 28.7 Å². The molecule has 136 valence electrons. The number of likely N-dealkylation sites (tertiary alicyclic amines) is 1. The van der Waals surface area contributed by atoms with Gasteiger partial charge in [-0.3, -0.25) is 9.59 Å². The minimum atomic E-state index is -0.261. The summed E-state index contributed by atoms with van der Waals surface area (Å²) in [6.07, 6.45) is 2.26. The zero-order valence-corrected chi connectivity index (χ0v) is 16.5. The Bertz CT molecular complexity index is 641. The summed E-state index contributed by atoms with van der Waals surface area (Å²) in [6, 6.07) is 8.44. The summed E-state index contributed by atoms with van der Waals surface area (Å²) < 4.78 is 0.880. The number of carbonyl (C=O) groups excluding carboxylic acids is 2. The molecular formula is C19H26BrN3O2. The van der Waals surface area contributed by atoms with Crippen molar-refractivity contribution in [2.45, 2.75) is 45.2 Å². The van der Waals surface area contributed by atoms with Crippen LogP contribution in [-0.4, -0.2) is 48.4 Å². The standard InChI is InChI=1S/C19H26BrN3O2/c1-13(2)22-9-7-15(8-10-22)21-19(25)14-11-18(24)23(12-14)17-6-4-3-5-16(17)20/h3-6,13-15H,7-12H2,1-2H3,(H,21,25). The molecule has 1 unspecified atom stereocenters. The van der Waals surface area contributed by atoms with E-state index < -0.39 is 0 Å². The largest absolute Gasteiger partial charge is 0.353 e. The maximum Gasteiger partial charge on any atom is 0.227 e. The first kappa shape index (κ1) is 18.4. The van der Waals surface area contributed by atoms with E-state index in [0.29, 0.717) is 12.6 Å². The molecule has 1 aromatic carbocycles. The molecule has 25 heavy (non-hydrogen) atoms. The van der Waals surface area contributed by atoms with E-state index in [9.17, 15) is 9.59 Å². The van der Waals surface area contributed by atoms with E-state index in [4.69, 9.17) is 0 Å². The predicted molar refractivity (Wildman–Crippen MR) is 102 cm³/mol.